The van der Waals surface area contributed by atoms with Crippen molar-refractivity contribution in [3.8, 4) is 0 Å². The third-order valence-electron chi connectivity index (χ3n) is 3.41. The first kappa shape index (κ1) is 13.0. The molecule has 0 aromatic carbocycles. The molecule has 0 radical (unpaired) electrons. The van der Waals surface area contributed by atoms with Crippen LogP contribution in [-0.2, 0) is 11.2 Å². The van der Waals surface area contributed by atoms with Gasteiger partial charge in [-0.15, -0.1) is 0 Å². The van der Waals surface area contributed by atoms with E-state index in [1.165, 1.54) is 12.8 Å². The van der Waals surface area contributed by atoms with Crippen molar-refractivity contribution >= 4 is 5.91 Å². The average Bonchev–Trinajstić information content (AvgIpc) is 2.45. The molecule has 4 nitrogen and oxygen atoms in total. The van der Waals surface area contributed by atoms with Crippen molar-refractivity contribution < 1.29 is 4.79 Å². The molecule has 0 aliphatic carbocycles. The lowest BCUT2D eigenvalue weighted by atomic mass is 9.98. The van der Waals surface area contributed by atoms with Crippen LogP contribution in [0.15, 0.2) is 24.5 Å². The van der Waals surface area contributed by atoms with Crippen LogP contribution < -0.4 is 10.6 Å². The topological polar surface area (TPSA) is 54.0 Å². The summed E-state index contributed by atoms with van der Waals surface area (Å²) in [5, 5.41) is 6.36. The molecule has 1 fully saturated rings. The maximum absolute atomic E-state index is 11.7. The Morgan fingerprint density at radius 2 is 2.28 bits per heavy atom. The predicted octanol–water partition coefficient (Wildman–Crippen LogP) is 1.13. The Labute approximate surface area is 108 Å². The van der Waals surface area contributed by atoms with Crippen LogP contribution in [0.5, 0.6) is 0 Å². The van der Waals surface area contributed by atoms with Crippen LogP contribution in [0, 0.1) is 5.92 Å². The maximum atomic E-state index is 11.7. The van der Waals surface area contributed by atoms with Gasteiger partial charge in [0.1, 0.15) is 0 Å². The molecule has 0 spiro atoms. The normalized spacial score (nSPS) is 16.4. The highest BCUT2D eigenvalue weighted by molar-refractivity contribution is 5.76. The molecule has 2 heterocycles. The molecule has 2 N–H and O–H groups in total. The quantitative estimate of drug-likeness (QED) is 0.820. The van der Waals surface area contributed by atoms with E-state index in [0.717, 1.165) is 31.6 Å². The largest absolute Gasteiger partial charge is 0.356 e. The van der Waals surface area contributed by atoms with Crippen LogP contribution in [-0.4, -0.2) is 30.5 Å². The predicted molar refractivity (Wildman–Crippen MR) is 71.2 cm³/mol. The Bertz CT molecular complexity index is 361. The minimum Gasteiger partial charge on any atom is -0.356 e. The number of amides is 1. The van der Waals surface area contributed by atoms with Crippen LogP contribution in [0.1, 0.15) is 24.8 Å². The summed E-state index contributed by atoms with van der Waals surface area (Å²) < 4.78 is 0. The van der Waals surface area contributed by atoms with E-state index >= 15 is 0 Å². The van der Waals surface area contributed by atoms with E-state index in [-0.39, 0.29) is 5.91 Å². The standard InChI is InChI=1S/C14H21N3O/c18-14(4-3-12-2-1-7-16-10-12)17-11-13-5-8-15-9-6-13/h1-2,7,10,13,15H,3-6,8-9,11H2,(H,17,18). The fourth-order valence-corrected chi connectivity index (χ4v) is 2.24. The Morgan fingerprint density at radius 3 is 3.00 bits per heavy atom. The van der Waals surface area contributed by atoms with E-state index < -0.39 is 0 Å². The second-order valence-electron chi connectivity index (χ2n) is 4.86. The van der Waals surface area contributed by atoms with Gasteiger partial charge in [-0.25, -0.2) is 0 Å². The van der Waals surface area contributed by atoms with Crippen molar-refractivity contribution in [3.63, 3.8) is 0 Å². The summed E-state index contributed by atoms with van der Waals surface area (Å²) >= 11 is 0. The van der Waals surface area contributed by atoms with Gasteiger partial charge in [-0.05, 0) is 49.9 Å². The van der Waals surface area contributed by atoms with Crippen molar-refractivity contribution in [2.75, 3.05) is 19.6 Å². The number of rotatable bonds is 5. The van der Waals surface area contributed by atoms with Gasteiger partial charge in [0.15, 0.2) is 0 Å². The molecule has 1 saturated heterocycles. The monoisotopic (exact) mass is 247 g/mol. The van der Waals surface area contributed by atoms with Crippen LogP contribution in [0.25, 0.3) is 0 Å². The minimum atomic E-state index is 0.150. The second kappa shape index (κ2) is 7.11. The first-order chi connectivity index (χ1) is 8.84. The number of nitrogens with one attached hydrogen (secondary N) is 2. The fraction of sp³-hybridized carbons (Fsp3) is 0.571. The first-order valence-corrected chi connectivity index (χ1v) is 6.71. The summed E-state index contributed by atoms with van der Waals surface area (Å²) in [6, 6.07) is 3.91. The number of hydrogen-bond donors (Lipinski definition) is 2. The molecule has 2 rings (SSSR count). The summed E-state index contributed by atoms with van der Waals surface area (Å²) in [5.74, 6) is 0.797. The van der Waals surface area contributed by atoms with Crippen molar-refractivity contribution in [2.24, 2.45) is 5.92 Å². The van der Waals surface area contributed by atoms with Gasteiger partial charge in [-0.2, -0.15) is 0 Å². The van der Waals surface area contributed by atoms with Crippen LogP contribution in [0.2, 0.25) is 0 Å². The molecule has 0 saturated carbocycles. The van der Waals surface area contributed by atoms with E-state index in [9.17, 15) is 4.79 Å². The second-order valence-corrected chi connectivity index (χ2v) is 4.86. The maximum Gasteiger partial charge on any atom is 0.220 e. The molecule has 18 heavy (non-hydrogen) atoms. The smallest absolute Gasteiger partial charge is 0.220 e. The van der Waals surface area contributed by atoms with Crippen LogP contribution in [0.3, 0.4) is 0 Å². The van der Waals surface area contributed by atoms with Crippen LogP contribution >= 0.6 is 0 Å². The van der Waals surface area contributed by atoms with Crippen molar-refractivity contribution in [1.82, 2.24) is 15.6 Å². The molecule has 1 aliphatic rings. The Balaban J connectivity index is 1.63. The van der Waals surface area contributed by atoms with E-state index in [4.69, 9.17) is 0 Å². The highest BCUT2D eigenvalue weighted by atomic mass is 16.1. The number of carbonyl (C=O) groups is 1. The molecule has 0 bridgehead atoms. The third-order valence-corrected chi connectivity index (χ3v) is 3.41. The molecule has 1 aromatic rings. The van der Waals surface area contributed by atoms with Gasteiger partial charge < -0.3 is 10.6 Å². The van der Waals surface area contributed by atoms with Crippen molar-refractivity contribution in [3.05, 3.63) is 30.1 Å². The molecule has 1 amide bonds. The van der Waals surface area contributed by atoms with E-state index in [2.05, 4.69) is 15.6 Å². The zero-order chi connectivity index (χ0) is 12.6. The Morgan fingerprint density at radius 1 is 1.44 bits per heavy atom. The van der Waals surface area contributed by atoms with Crippen LogP contribution in [0.4, 0.5) is 0 Å². The molecule has 0 atom stereocenters. The number of aromatic nitrogens is 1. The lowest BCUT2D eigenvalue weighted by Gasteiger charge is -2.22. The fourth-order valence-electron chi connectivity index (χ4n) is 2.24. The molecular weight excluding hydrogens is 226 g/mol. The molecule has 0 unspecified atom stereocenters. The zero-order valence-corrected chi connectivity index (χ0v) is 10.7. The number of hydrogen-bond acceptors (Lipinski definition) is 3. The van der Waals surface area contributed by atoms with E-state index in [1.807, 2.05) is 18.3 Å². The lowest BCUT2D eigenvalue weighted by Crippen LogP contribution is -2.36. The summed E-state index contributed by atoms with van der Waals surface area (Å²) in [5.41, 5.74) is 1.12. The Kier molecular flexibility index (Phi) is 5.15. The lowest BCUT2D eigenvalue weighted by molar-refractivity contribution is -0.121. The number of pyridine rings is 1. The first-order valence-electron chi connectivity index (χ1n) is 6.71. The van der Waals surface area contributed by atoms with Crippen molar-refractivity contribution in [1.29, 1.82) is 0 Å². The molecule has 4 heteroatoms. The van der Waals surface area contributed by atoms with Gasteiger partial charge in [0.25, 0.3) is 0 Å². The van der Waals surface area contributed by atoms with Gasteiger partial charge >= 0.3 is 0 Å². The Hall–Kier alpha value is -1.42. The number of piperidine rings is 1. The average molecular weight is 247 g/mol. The number of nitrogens with zero attached hydrogens (tertiary/aromatic N) is 1. The van der Waals surface area contributed by atoms with E-state index in [1.54, 1.807) is 6.20 Å². The molecule has 1 aliphatic heterocycles. The SMILES string of the molecule is O=C(CCc1cccnc1)NCC1CCNCC1. The highest BCUT2D eigenvalue weighted by Crippen LogP contribution is 2.10. The van der Waals surface area contributed by atoms with Gasteiger partial charge in [0.05, 0.1) is 0 Å². The summed E-state index contributed by atoms with van der Waals surface area (Å²) in [6.07, 6.45) is 7.23. The zero-order valence-electron chi connectivity index (χ0n) is 10.7. The summed E-state index contributed by atoms with van der Waals surface area (Å²) in [7, 11) is 0. The molecular formula is C14H21N3O. The summed E-state index contributed by atoms with van der Waals surface area (Å²) in [6.45, 7) is 2.99. The van der Waals surface area contributed by atoms with Gasteiger partial charge in [0, 0.05) is 25.4 Å². The van der Waals surface area contributed by atoms with Crippen molar-refractivity contribution in [2.45, 2.75) is 25.7 Å². The number of carbonyl (C=O) groups excluding carboxylic acids is 1. The highest BCUT2D eigenvalue weighted by Gasteiger charge is 2.13. The number of aryl methyl sites for hydroxylation is 1. The molecule has 1 aromatic heterocycles. The molecule has 98 valence electrons. The summed E-state index contributed by atoms with van der Waals surface area (Å²) in [4.78, 5) is 15.8. The van der Waals surface area contributed by atoms with E-state index in [0.29, 0.717) is 12.3 Å². The van der Waals surface area contributed by atoms with Gasteiger partial charge in [-0.1, -0.05) is 6.07 Å². The van der Waals surface area contributed by atoms with Gasteiger partial charge in [-0.3, -0.25) is 9.78 Å². The third kappa shape index (κ3) is 4.45. The minimum absolute atomic E-state index is 0.150. The van der Waals surface area contributed by atoms with Gasteiger partial charge in [0.2, 0.25) is 5.91 Å².